The molecule has 1 aromatic carbocycles. The van der Waals surface area contributed by atoms with Gasteiger partial charge in [-0.1, -0.05) is 12.5 Å². The molecule has 1 aliphatic carbocycles. The number of phenols is 2. The van der Waals surface area contributed by atoms with Crippen LogP contribution in [0.25, 0.3) is 0 Å². The summed E-state index contributed by atoms with van der Waals surface area (Å²) in [5, 5.41) is 31.6. The number of hydrogen-bond acceptors (Lipinski definition) is 4. The Labute approximate surface area is 107 Å². The maximum Gasteiger partial charge on any atom is 0.157 e. The summed E-state index contributed by atoms with van der Waals surface area (Å²) < 4.78 is 0. The highest BCUT2D eigenvalue weighted by Gasteiger charge is 2.18. The molecule has 0 aromatic heterocycles. The topological polar surface area (TPSA) is 72.7 Å². The van der Waals surface area contributed by atoms with Crippen LogP contribution < -0.4 is 5.32 Å². The van der Waals surface area contributed by atoms with E-state index in [-0.39, 0.29) is 23.9 Å². The zero-order valence-corrected chi connectivity index (χ0v) is 10.3. The molecule has 1 atom stereocenters. The van der Waals surface area contributed by atoms with Gasteiger partial charge in [0, 0.05) is 12.6 Å². The van der Waals surface area contributed by atoms with Crippen molar-refractivity contribution >= 4 is 12.4 Å². The minimum absolute atomic E-state index is 0. The van der Waals surface area contributed by atoms with Gasteiger partial charge in [0.1, 0.15) is 0 Å². The van der Waals surface area contributed by atoms with Crippen LogP contribution in [0.1, 0.15) is 30.9 Å². The Balaban J connectivity index is 0.00000144. The number of rotatable bonds is 4. The second kappa shape index (κ2) is 6.10. The number of aromatic hydroxyl groups is 2. The lowest BCUT2D eigenvalue weighted by atomic mass is 9.93. The SMILES string of the molecule is Cl.Oc1ccc(C(O)CNC2CCC2)cc1O. The van der Waals surface area contributed by atoms with Crippen LogP contribution in [0.15, 0.2) is 18.2 Å². The molecule has 17 heavy (non-hydrogen) atoms. The fourth-order valence-electron chi connectivity index (χ4n) is 1.76. The number of aliphatic hydroxyl groups is 1. The number of hydrogen-bond donors (Lipinski definition) is 4. The molecule has 0 spiro atoms. The third-order valence-electron chi connectivity index (χ3n) is 3.09. The average molecular weight is 260 g/mol. The van der Waals surface area contributed by atoms with Crippen molar-refractivity contribution in [2.24, 2.45) is 0 Å². The van der Waals surface area contributed by atoms with E-state index in [1.54, 1.807) is 6.07 Å². The van der Waals surface area contributed by atoms with Gasteiger partial charge in [-0.3, -0.25) is 0 Å². The van der Waals surface area contributed by atoms with Crippen molar-refractivity contribution in [3.63, 3.8) is 0 Å². The minimum Gasteiger partial charge on any atom is -0.504 e. The van der Waals surface area contributed by atoms with Gasteiger partial charge in [-0.2, -0.15) is 0 Å². The molecule has 1 fully saturated rings. The standard InChI is InChI=1S/C12H17NO3.ClH/c14-10-5-4-8(6-11(10)15)12(16)7-13-9-2-1-3-9;/h4-6,9,12-16H,1-3,7H2;1H. The smallest absolute Gasteiger partial charge is 0.157 e. The van der Waals surface area contributed by atoms with Crippen molar-refractivity contribution < 1.29 is 15.3 Å². The summed E-state index contributed by atoms with van der Waals surface area (Å²) in [6.07, 6.45) is 2.96. The van der Waals surface area contributed by atoms with Crippen LogP contribution in [-0.2, 0) is 0 Å². The highest BCUT2D eigenvalue weighted by Crippen LogP contribution is 2.28. The van der Waals surface area contributed by atoms with Gasteiger partial charge in [-0.25, -0.2) is 0 Å². The summed E-state index contributed by atoms with van der Waals surface area (Å²) in [4.78, 5) is 0. The van der Waals surface area contributed by atoms with E-state index in [0.29, 0.717) is 18.2 Å². The number of aliphatic hydroxyl groups excluding tert-OH is 1. The Morgan fingerprint density at radius 1 is 1.24 bits per heavy atom. The molecule has 0 heterocycles. The predicted octanol–water partition coefficient (Wildman–Crippen LogP) is 1.70. The fraction of sp³-hybridized carbons (Fsp3) is 0.500. The number of halogens is 1. The Morgan fingerprint density at radius 2 is 1.94 bits per heavy atom. The Hall–Kier alpha value is -0.970. The van der Waals surface area contributed by atoms with Crippen LogP contribution in [0.3, 0.4) is 0 Å². The van der Waals surface area contributed by atoms with Crippen molar-refractivity contribution in [1.82, 2.24) is 5.32 Å². The minimum atomic E-state index is -0.646. The van der Waals surface area contributed by atoms with Crippen molar-refractivity contribution in [2.45, 2.75) is 31.4 Å². The molecule has 0 saturated heterocycles. The molecule has 2 rings (SSSR count). The second-order valence-electron chi connectivity index (χ2n) is 4.30. The van der Waals surface area contributed by atoms with Gasteiger partial charge in [0.05, 0.1) is 6.10 Å². The first kappa shape index (κ1) is 14.1. The highest BCUT2D eigenvalue weighted by molar-refractivity contribution is 5.85. The molecule has 1 aliphatic rings. The second-order valence-corrected chi connectivity index (χ2v) is 4.30. The van der Waals surface area contributed by atoms with Gasteiger partial charge >= 0.3 is 0 Å². The maximum atomic E-state index is 9.85. The summed E-state index contributed by atoms with van der Waals surface area (Å²) in [7, 11) is 0. The van der Waals surface area contributed by atoms with E-state index in [1.807, 2.05) is 0 Å². The zero-order chi connectivity index (χ0) is 11.5. The summed E-state index contributed by atoms with van der Waals surface area (Å²) in [5.74, 6) is -0.358. The summed E-state index contributed by atoms with van der Waals surface area (Å²) in [5.41, 5.74) is 0.613. The number of nitrogens with one attached hydrogen (secondary N) is 1. The summed E-state index contributed by atoms with van der Waals surface area (Å²) in [6.45, 7) is 0.481. The van der Waals surface area contributed by atoms with Crippen LogP contribution in [-0.4, -0.2) is 27.9 Å². The lowest BCUT2D eigenvalue weighted by Gasteiger charge is -2.27. The molecule has 0 radical (unpaired) electrons. The number of phenolic OH excluding ortho intramolecular Hbond substituents is 2. The monoisotopic (exact) mass is 259 g/mol. The molecule has 1 saturated carbocycles. The third kappa shape index (κ3) is 3.49. The van der Waals surface area contributed by atoms with Crippen molar-refractivity contribution in [3.8, 4) is 11.5 Å². The maximum absolute atomic E-state index is 9.85. The molecular weight excluding hydrogens is 242 g/mol. The van der Waals surface area contributed by atoms with Crippen molar-refractivity contribution in [1.29, 1.82) is 0 Å². The van der Waals surface area contributed by atoms with Gasteiger partial charge in [0.2, 0.25) is 0 Å². The van der Waals surface area contributed by atoms with Crippen LogP contribution in [0, 0.1) is 0 Å². The summed E-state index contributed by atoms with van der Waals surface area (Å²) >= 11 is 0. The van der Waals surface area contributed by atoms with Crippen LogP contribution in [0.5, 0.6) is 11.5 Å². The molecular formula is C12H18ClNO3. The van der Waals surface area contributed by atoms with E-state index >= 15 is 0 Å². The Morgan fingerprint density at radius 3 is 2.47 bits per heavy atom. The normalized spacial score (nSPS) is 17.0. The van der Waals surface area contributed by atoms with Crippen LogP contribution >= 0.6 is 12.4 Å². The van der Waals surface area contributed by atoms with Gasteiger partial charge in [-0.05, 0) is 30.5 Å². The summed E-state index contributed by atoms with van der Waals surface area (Å²) in [6, 6.07) is 4.92. The molecule has 4 N–H and O–H groups in total. The molecule has 5 heteroatoms. The third-order valence-corrected chi connectivity index (χ3v) is 3.09. The zero-order valence-electron chi connectivity index (χ0n) is 9.47. The lowest BCUT2D eigenvalue weighted by Crippen LogP contribution is -2.37. The average Bonchev–Trinajstić information content (AvgIpc) is 2.19. The predicted molar refractivity (Wildman–Crippen MR) is 67.6 cm³/mol. The van der Waals surface area contributed by atoms with Crippen LogP contribution in [0.4, 0.5) is 0 Å². The first-order valence-corrected chi connectivity index (χ1v) is 5.60. The number of benzene rings is 1. The van der Waals surface area contributed by atoms with E-state index in [9.17, 15) is 10.2 Å². The van der Waals surface area contributed by atoms with Crippen molar-refractivity contribution in [2.75, 3.05) is 6.54 Å². The van der Waals surface area contributed by atoms with E-state index < -0.39 is 6.10 Å². The van der Waals surface area contributed by atoms with E-state index in [1.165, 1.54) is 31.4 Å². The quantitative estimate of drug-likeness (QED) is 0.621. The largest absolute Gasteiger partial charge is 0.504 e. The first-order valence-electron chi connectivity index (χ1n) is 5.60. The molecule has 0 bridgehead atoms. The molecule has 4 nitrogen and oxygen atoms in total. The molecule has 1 unspecified atom stereocenters. The first-order chi connectivity index (χ1) is 7.66. The van der Waals surface area contributed by atoms with Crippen molar-refractivity contribution in [3.05, 3.63) is 23.8 Å². The molecule has 96 valence electrons. The lowest BCUT2D eigenvalue weighted by molar-refractivity contribution is 0.161. The molecule has 0 aliphatic heterocycles. The van der Waals surface area contributed by atoms with Gasteiger partial charge < -0.3 is 20.6 Å². The van der Waals surface area contributed by atoms with E-state index in [2.05, 4.69) is 5.32 Å². The highest BCUT2D eigenvalue weighted by atomic mass is 35.5. The van der Waals surface area contributed by atoms with Gasteiger partial charge in [0.15, 0.2) is 11.5 Å². The molecule has 1 aromatic rings. The van der Waals surface area contributed by atoms with E-state index in [0.717, 1.165) is 0 Å². The van der Waals surface area contributed by atoms with Gasteiger partial charge in [0.25, 0.3) is 0 Å². The van der Waals surface area contributed by atoms with Gasteiger partial charge in [-0.15, -0.1) is 12.4 Å². The molecule has 0 amide bonds. The van der Waals surface area contributed by atoms with Crippen LogP contribution in [0.2, 0.25) is 0 Å². The Kier molecular flexibility index (Phi) is 5.05. The fourth-order valence-corrected chi connectivity index (χ4v) is 1.76. The Bertz CT molecular complexity index is 369. The van der Waals surface area contributed by atoms with E-state index in [4.69, 9.17) is 5.11 Å².